The summed E-state index contributed by atoms with van der Waals surface area (Å²) in [6.45, 7) is 0. The van der Waals surface area contributed by atoms with Crippen LogP contribution in [0.5, 0.6) is 0 Å². The molecule has 2 N–H and O–H groups in total. The van der Waals surface area contributed by atoms with Gasteiger partial charge in [0.1, 0.15) is 6.10 Å². The lowest BCUT2D eigenvalue weighted by atomic mass is 10.1. The second-order valence-corrected chi connectivity index (χ2v) is 2.76. The Morgan fingerprint density at radius 1 is 1.43 bits per heavy atom. The average molecular weight is 200 g/mol. The van der Waals surface area contributed by atoms with Crippen molar-refractivity contribution in [3.63, 3.8) is 0 Å². The first-order chi connectivity index (χ1) is 6.50. The molecule has 14 heavy (non-hydrogen) atoms. The minimum Gasteiger partial charge on any atom is -0.478 e. The lowest BCUT2D eigenvalue weighted by Crippen LogP contribution is -2.19. The summed E-state index contributed by atoms with van der Waals surface area (Å²) in [6.07, 6.45) is -0.0545. The van der Waals surface area contributed by atoms with Crippen molar-refractivity contribution in [3.05, 3.63) is 11.6 Å². The first-order valence-corrected chi connectivity index (χ1v) is 3.88. The lowest BCUT2D eigenvalue weighted by Gasteiger charge is -2.08. The van der Waals surface area contributed by atoms with E-state index in [1.807, 2.05) is 0 Å². The molecule has 0 aromatic heterocycles. The molecule has 1 rings (SSSR count). The quantitative estimate of drug-likeness (QED) is 0.482. The zero-order valence-electron chi connectivity index (χ0n) is 7.10. The Kier molecular flexibility index (Phi) is 2.85. The molecule has 1 aliphatic rings. The van der Waals surface area contributed by atoms with Gasteiger partial charge in [0, 0.05) is 12.5 Å². The van der Waals surface area contributed by atoms with Crippen LogP contribution in [0.2, 0.25) is 0 Å². The number of hydrogen-bond acceptors (Lipinski definition) is 4. The molecule has 0 aromatic rings. The van der Waals surface area contributed by atoms with Crippen LogP contribution in [0.15, 0.2) is 11.6 Å². The molecular formula is C8H8O6. The summed E-state index contributed by atoms with van der Waals surface area (Å²) in [6, 6.07) is 0. The van der Waals surface area contributed by atoms with E-state index in [0.29, 0.717) is 6.08 Å². The predicted octanol–water partition coefficient (Wildman–Crippen LogP) is -0.212. The normalized spacial score (nSPS) is 21.9. The Hall–Kier alpha value is -1.85. The second-order valence-electron chi connectivity index (χ2n) is 2.76. The predicted molar refractivity (Wildman–Crippen MR) is 42.5 cm³/mol. The van der Waals surface area contributed by atoms with Crippen LogP contribution in [-0.4, -0.2) is 34.2 Å². The van der Waals surface area contributed by atoms with Crippen LogP contribution in [0.4, 0.5) is 0 Å². The molecule has 6 heteroatoms. The van der Waals surface area contributed by atoms with Gasteiger partial charge in [-0.3, -0.25) is 4.79 Å². The van der Waals surface area contributed by atoms with E-state index in [9.17, 15) is 14.4 Å². The van der Waals surface area contributed by atoms with E-state index >= 15 is 0 Å². The maximum absolute atomic E-state index is 10.7. The third kappa shape index (κ3) is 2.32. The molecule has 1 atom stereocenters. The number of carboxylic acids is 2. The molecule has 0 aromatic carbocycles. The molecule has 6 nitrogen and oxygen atoms in total. The van der Waals surface area contributed by atoms with Crippen LogP contribution in [0.1, 0.15) is 12.8 Å². The summed E-state index contributed by atoms with van der Waals surface area (Å²) in [4.78, 5) is 31.6. The largest absolute Gasteiger partial charge is 0.478 e. The Bertz CT molecular complexity index is 316. The zero-order chi connectivity index (χ0) is 10.7. The van der Waals surface area contributed by atoms with Gasteiger partial charge in [0.15, 0.2) is 0 Å². The standard InChI is InChI=1S/C8H8O6/c9-6(10)3-4(8(12)13)5-1-2-7(11)14-5/h3,5H,1-2H2,(H,9,10)(H,12,13)/b4-3-. The van der Waals surface area contributed by atoms with E-state index in [2.05, 4.69) is 4.74 Å². The van der Waals surface area contributed by atoms with E-state index in [4.69, 9.17) is 10.2 Å². The van der Waals surface area contributed by atoms with Gasteiger partial charge in [-0.2, -0.15) is 0 Å². The highest BCUT2D eigenvalue weighted by atomic mass is 16.6. The molecule has 0 saturated carbocycles. The molecule has 0 radical (unpaired) electrons. The van der Waals surface area contributed by atoms with Crippen LogP contribution < -0.4 is 0 Å². The number of cyclic esters (lactones) is 1. The highest BCUT2D eigenvalue weighted by Crippen LogP contribution is 2.21. The van der Waals surface area contributed by atoms with Crippen molar-refractivity contribution in [1.82, 2.24) is 0 Å². The molecule has 1 fully saturated rings. The van der Waals surface area contributed by atoms with Crippen LogP contribution in [-0.2, 0) is 19.1 Å². The zero-order valence-corrected chi connectivity index (χ0v) is 7.10. The van der Waals surface area contributed by atoms with Gasteiger partial charge in [-0.1, -0.05) is 0 Å². The van der Waals surface area contributed by atoms with E-state index in [1.54, 1.807) is 0 Å². The lowest BCUT2D eigenvalue weighted by molar-refractivity contribution is -0.142. The SMILES string of the molecule is O=C(O)/C=C(\C(=O)O)C1CCC(=O)O1. The van der Waals surface area contributed by atoms with E-state index in [1.165, 1.54) is 0 Å². The van der Waals surface area contributed by atoms with Crippen molar-refractivity contribution in [2.75, 3.05) is 0 Å². The van der Waals surface area contributed by atoms with Gasteiger partial charge in [0.05, 0.1) is 5.57 Å². The van der Waals surface area contributed by atoms with Gasteiger partial charge < -0.3 is 14.9 Å². The maximum atomic E-state index is 10.7. The molecule has 0 aliphatic carbocycles. The Morgan fingerprint density at radius 2 is 2.07 bits per heavy atom. The number of rotatable bonds is 3. The Morgan fingerprint density at radius 3 is 2.43 bits per heavy atom. The van der Waals surface area contributed by atoms with Crippen LogP contribution in [0.25, 0.3) is 0 Å². The summed E-state index contributed by atoms with van der Waals surface area (Å²) < 4.78 is 4.63. The average Bonchev–Trinajstić information content (AvgIpc) is 2.46. The monoisotopic (exact) mass is 200 g/mol. The first-order valence-electron chi connectivity index (χ1n) is 3.88. The highest BCUT2D eigenvalue weighted by molar-refractivity contribution is 5.96. The molecule has 1 aliphatic heterocycles. The maximum Gasteiger partial charge on any atom is 0.335 e. The van der Waals surface area contributed by atoms with Gasteiger partial charge in [-0.25, -0.2) is 9.59 Å². The summed E-state index contributed by atoms with van der Waals surface area (Å²) in [5, 5.41) is 17.0. The molecule has 0 spiro atoms. The molecule has 1 unspecified atom stereocenters. The van der Waals surface area contributed by atoms with E-state index < -0.39 is 29.6 Å². The van der Waals surface area contributed by atoms with Crippen molar-refractivity contribution < 1.29 is 29.3 Å². The van der Waals surface area contributed by atoms with Crippen molar-refractivity contribution in [2.45, 2.75) is 18.9 Å². The summed E-state index contributed by atoms with van der Waals surface area (Å²) in [5.41, 5.74) is -0.400. The van der Waals surface area contributed by atoms with Crippen LogP contribution in [0.3, 0.4) is 0 Å². The van der Waals surface area contributed by atoms with Crippen molar-refractivity contribution >= 4 is 17.9 Å². The fraction of sp³-hybridized carbons (Fsp3) is 0.375. The van der Waals surface area contributed by atoms with Gasteiger partial charge >= 0.3 is 17.9 Å². The molecule has 0 amide bonds. The van der Waals surface area contributed by atoms with E-state index in [-0.39, 0.29) is 12.8 Å². The fourth-order valence-electron chi connectivity index (χ4n) is 1.17. The third-order valence-electron chi connectivity index (χ3n) is 1.76. The molecule has 1 heterocycles. The fourth-order valence-corrected chi connectivity index (χ4v) is 1.17. The Labute approximate surface area is 78.8 Å². The van der Waals surface area contributed by atoms with Gasteiger partial charge in [-0.05, 0) is 6.42 Å². The number of ether oxygens (including phenoxy) is 1. The first kappa shape index (κ1) is 10.2. The summed E-state index contributed by atoms with van der Waals surface area (Å²) in [5.74, 6) is -3.26. The molecule has 1 saturated heterocycles. The minimum atomic E-state index is -1.38. The number of aliphatic carboxylic acids is 2. The number of carbonyl (C=O) groups is 3. The summed E-state index contributed by atoms with van der Waals surface area (Å²) >= 11 is 0. The Balaban J connectivity index is 2.84. The third-order valence-corrected chi connectivity index (χ3v) is 1.76. The highest BCUT2D eigenvalue weighted by Gasteiger charge is 2.30. The van der Waals surface area contributed by atoms with Crippen molar-refractivity contribution in [2.24, 2.45) is 0 Å². The molecular weight excluding hydrogens is 192 g/mol. The summed E-state index contributed by atoms with van der Waals surface area (Å²) in [7, 11) is 0. The number of carbonyl (C=O) groups excluding carboxylic acids is 1. The number of esters is 1. The van der Waals surface area contributed by atoms with E-state index in [0.717, 1.165) is 0 Å². The van der Waals surface area contributed by atoms with Gasteiger partial charge in [0.2, 0.25) is 0 Å². The topological polar surface area (TPSA) is 101 Å². The van der Waals surface area contributed by atoms with Crippen LogP contribution >= 0.6 is 0 Å². The smallest absolute Gasteiger partial charge is 0.335 e. The van der Waals surface area contributed by atoms with Crippen molar-refractivity contribution in [1.29, 1.82) is 0 Å². The van der Waals surface area contributed by atoms with Crippen LogP contribution in [0, 0.1) is 0 Å². The van der Waals surface area contributed by atoms with Gasteiger partial charge in [0.25, 0.3) is 0 Å². The molecule has 76 valence electrons. The van der Waals surface area contributed by atoms with Crippen molar-refractivity contribution in [3.8, 4) is 0 Å². The molecule has 0 bridgehead atoms. The van der Waals surface area contributed by atoms with Gasteiger partial charge in [-0.15, -0.1) is 0 Å². The number of carboxylic acid groups (broad SMARTS) is 2. The minimum absolute atomic E-state index is 0.120. The number of hydrogen-bond donors (Lipinski definition) is 2. The second kappa shape index (κ2) is 3.91.